The molecule has 0 fully saturated rings. The number of hydrogen-bond donors (Lipinski definition) is 1. The number of nitrogens with zero attached hydrogens (tertiary/aromatic N) is 2. The molecule has 1 atom stereocenters. The number of oxazole rings is 1. The van der Waals surface area contributed by atoms with Crippen LogP contribution in [0.3, 0.4) is 0 Å². The van der Waals surface area contributed by atoms with Gasteiger partial charge in [-0.1, -0.05) is 30.3 Å². The number of rotatable bonds is 3. The van der Waals surface area contributed by atoms with Gasteiger partial charge in [-0.05, 0) is 12.5 Å². The number of aromatic nitrogens is 1. The van der Waals surface area contributed by atoms with Crippen LogP contribution in [-0.4, -0.2) is 35.4 Å². The van der Waals surface area contributed by atoms with Crippen molar-refractivity contribution in [2.45, 2.75) is 12.3 Å². The number of anilines is 1. The average Bonchev–Trinajstić information content (AvgIpc) is 3.21. The lowest BCUT2D eigenvalue weighted by molar-refractivity contribution is -0.138. The Morgan fingerprint density at radius 2 is 2.19 bits per heavy atom. The molecular formula is C19H17N3O4. The highest BCUT2D eigenvalue weighted by Gasteiger charge is 2.63. The van der Waals surface area contributed by atoms with Crippen LogP contribution in [0.1, 0.15) is 18.2 Å². The third kappa shape index (κ3) is 1.69. The highest BCUT2D eigenvalue weighted by atomic mass is 16.5. The van der Waals surface area contributed by atoms with Gasteiger partial charge in [-0.2, -0.15) is 4.98 Å². The van der Waals surface area contributed by atoms with Gasteiger partial charge in [0.05, 0.1) is 12.7 Å². The molecule has 0 saturated heterocycles. The van der Waals surface area contributed by atoms with Crippen LogP contribution < -0.4 is 5.73 Å². The fraction of sp³-hybridized carbons (Fsp3) is 0.211. The quantitative estimate of drug-likeness (QED) is 0.671. The first-order valence-electron chi connectivity index (χ1n) is 8.07. The topological polar surface area (TPSA) is 98.7 Å². The maximum absolute atomic E-state index is 13.6. The van der Waals surface area contributed by atoms with Gasteiger partial charge in [0.25, 0.3) is 6.01 Å². The molecule has 2 aromatic rings. The molecule has 0 radical (unpaired) electrons. The molecule has 1 spiro atoms. The third-order valence-electron chi connectivity index (χ3n) is 4.98. The standard InChI is InChI=1S/C19H17N3O4/c1-4-9-22-10(2)13(16(23)25-3)19(17(22)24)12-8-6-5-7-11(12)14-15(19)21-18(20)26-14/h4-8H,1,9H2,2-3H3,(H2,20,21)/t19-/m0/s1. The molecule has 1 aromatic heterocycles. The summed E-state index contributed by atoms with van der Waals surface area (Å²) >= 11 is 0. The van der Waals surface area contributed by atoms with E-state index in [0.717, 1.165) is 0 Å². The lowest BCUT2D eigenvalue weighted by Crippen LogP contribution is -2.42. The van der Waals surface area contributed by atoms with E-state index in [9.17, 15) is 9.59 Å². The minimum atomic E-state index is -1.42. The number of methoxy groups -OCH3 is 1. The Bertz CT molecular complexity index is 1000. The second kappa shape index (κ2) is 5.32. The number of ether oxygens (including phenoxy) is 1. The van der Waals surface area contributed by atoms with Gasteiger partial charge in [0, 0.05) is 17.8 Å². The molecule has 0 bridgehead atoms. The minimum absolute atomic E-state index is 0.0549. The fourth-order valence-electron chi connectivity index (χ4n) is 4.00. The van der Waals surface area contributed by atoms with Crippen molar-refractivity contribution in [1.29, 1.82) is 0 Å². The summed E-state index contributed by atoms with van der Waals surface area (Å²) in [5, 5.41) is 0. The fourth-order valence-corrected chi connectivity index (χ4v) is 4.00. The zero-order chi connectivity index (χ0) is 18.6. The molecule has 1 aromatic carbocycles. The minimum Gasteiger partial charge on any atom is -0.466 e. The number of hydrogen-bond acceptors (Lipinski definition) is 6. The van der Waals surface area contributed by atoms with Gasteiger partial charge in [0.1, 0.15) is 5.69 Å². The van der Waals surface area contributed by atoms with E-state index >= 15 is 0 Å². The number of carbonyl (C=O) groups is 2. The monoisotopic (exact) mass is 351 g/mol. The lowest BCUT2D eigenvalue weighted by Gasteiger charge is -2.26. The molecule has 7 heteroatoms. The van der Waals surface area contributed by atoms with Gasteiger partial charge in [-0.25, -0.2) is 4.79 Å². The average molecular weight is 351 g/mol. The van der Waals surface area contributed by atoms with Crippen LogP contribution in [-0.2, 0) is 19.7 Å². The highest BCUT2D eigenvalue weighted by Crippen LogP contribution is 2.57. The molecule has 1 aliphatic heterocycles. The number of esters is 1. The van der Waals surface area contributed by atoms with Crippen molar-refractivity contribution in [3.63, 3.8) is 0 Å². The van der Waals surface area contributed by atoms with Crippen LogP contribution in [0, 0.1) is 0 Å². The zero-order valence-corrected chi connectivity index (χ0v) is 14.4. The van der Waals surface area contributed by atoms with Crippen LogP contribution in [0.2, 0.25) is 0 Å². The summed E-state index contributed by atoms with van der Waals surface area (Å²) in [6.45, 7) is 5.68. The number of nitrogens with two attached hydrogens (primary N) is 1. The Hall–Kier alpha value is -3.35. The first-order chi connectivity index (χ1) is 12.5. The molecule has 4 rings (SSSR count). The number of amides is 1. The highest BCUT2D eigenvalue weighted by molar-refractivity contribution is 6.14. The van der Waals surface area contributed by atoms with Crippen molar-refractivity contribution in [2.24, 2.45) is 0 Å². The number of allylic oxidation sites excluding steroid dienone is 1. The Kier molecular flexibility index (Phi) is 3.30. The van der Waals surface area contributed by atoms with Crippen molar-refractivity contribution in [3.05, 3.63) is 59.4 Å². The lowest BCUT2D eigenvalue weighted by atomic mass is 9.74. The molecule has 26 heavy (non-hydrogen) atoms. The Balaban J connectivity index is 2.12. The van der Waals surface area contributed by atoms with Gasteiger partial charge in [-0.3, -0.25) is 4.79 Å². The predicted octanol–water partition coefficient (Wildman–Crippen LogP) is 2.00. The third-order valence-corrected chi connectivity index (χ3v) is 4.98. The molecule has 7 nitrogen and oxygen atoms in total. The van der Waals surface area contributed by atoms with E-state index < -0.39 is 11.4 Å². The van der Waals surface area contributed by atoms with Crippen molar-refractivity contribution in [1.82, 2.24) is 9.88 Å². The van der Waals surface area contributed by atoms with Gasteiger partial charge in [0.15, 0.2) is 11.2 Å². The zero-order valence-electron chi connectivity index (χ0n) is 14.4. The maximum Gasteiger partial charge on any atom is 0.337 e. The smallest absolute Gasteiger partial charge is 0.337 e. The van der Waals surface area contributed by atoms with Gasteiger partial charge >= 0.3 is 5.97 Å². The summed E-state index contributed by atoms with van der Waals surface area (Å²) in [7, 11) is 1.29. The van der Waals surface area contributed by atoms with Crippen molar-refractivity contribution in [3.8, 4) is 11.3 Å². The molecule has 132 valence electrons. The summed E-state index contributed by atoms with van der Waals surface area (Å²) in [4.78, 5) is 32.1. The second-order valence-electron chi connectivity index (χ2n) is 6.18. The van der Waals surface area contributed by atoms with Crippen molar-refractivity contribution < 1.29 is 18.7 Å². The summed E-state index contributed by atoms with van der Waals surface area (Å²) in [6.07, 6.45) is 1.61. The molecule has 2 aliphatic rings. The second-order valence-corrected chi connectivity index (χ2v) is 6.18. The van der Waals surface area contributed by atoms with Crippen LogP contribution in [0.15, 0.2) is 52.6 Å². The largest absolute Gasteiger partial charge is 0.466 e. The van der Waals surface area contributed by atoms with Gasteiger partial charge in [0.2, 0.25) is 5.91 Å². The van der Waals surface area contributed by atoms with Crippen LogP contribution >= 0.6 is 0 Å². The van der Waals surface area contributed by atoms with Crippen LogP contribution in [0.5, 0.6) is 0 Å². The van der Waals surface area contributed by atoms with E-state index in [-0.39, 0.29) is 24.0 Å². The van der Waals surface area contributed by atoms with E-state index in [1.807, 2.05) is 18.2 Å². The summed E-state index contributed by atoms with van der Waals surface area (Å²) < 4.78 is 10.6. The number of fused-ring (bicyclic) bond motifs is 5. The molecule has 0 unspecified atom stereocenters. The molecular weight excluding hydrogens is 334 g/mol. The Labute approximate surface area is 149 Å². The number of nitrogen functional groups attached to an aromatic ring is 1. The number of carbonyl (C=O) groups excluding carboxylic acids is 2. The SMILES string of the molecule is C=CCN1C(=O)[C@]2(C(C(=O)OC)=C1C)c1ccccc1-c1oc(N)nc12. The molecule has 0 saturated carbocycles. The van der Waals surface area contributed by atoms with E-state index in [1.165, 1.54) is 12.0 Å². The maximum atomic E-state index is 13.6. The summed E-state index contributed by atoms with van der Waals surface area (Å²) in [5.41, 5.74) is 6.74. The van der Waals surface area contributed by atoms with Crippen molar-refractivity contribution >= 4 is 17.9 Å². The van der Waals surface area contributed by atoms with Crippen molar-refractivity contribution in [2.75, 3.05) is 19.4 Å². The summed E-state index contributed by atoms with van der Waals surface area (Å²) in [5.74, 6) is -0.484. The first kappa shape index (κ1) is 16.1. The van der Waals surface area contributed by atoms with Gasteiger partial charge in [-0.15, -0.1) is 6.58 Å². The molecule has 2 heterocycles. The normalized spacial score (nSPS) is 20.5. The molecule has 2 N–H and O–H groups in total. The summed E-state index contributed by atoms with van der Waals surface area (Å²) in [6, 6.07) is 7.20. The molecule has 1 amide bonds. The van der Waals surface area contributed by atoms with Crippen LogP contribution in [0.25, 0.3) is 11.3 Å². The van der Waals surface area contributed by atoms with Gasteiger partial charge < -0.3 is 19.8 Å². The predicted molar refractivity (Wildman–Crippen MR) is 93.8 cm³/mol. The first-order valence-corrected chi connectivity index (χ1v) is 8.07. The Morgan fingerprint density at radius 3 is 2.88 bits per heavy atom. The van der Waals surface area contributed by atoms with E-state index in [2.05, 4.69) is 11.6 Å². The van der Waals surface area contributed by atoms with E-state index in [0.29, 0.717) is 28.3 Å². The van der Waals surface area contributed by atoms with Crippen LogP contribution in [0.4, 0.5) is 6.01 Å². The van der Waals surface area contributed by atoms with E-state index in [1.54, 1.807) is 19.1 Å². The Morgan fingerprint density at radius 1 is 1.46 bits per heavy atom. The molecule has 1 aliphatic carbocycles. The van der Waals surface area contributed by atoms with E-state index in [4.69, 9.17) is 14.9 Å². The number of benzene rings is 1.